The Hall–Kier alpha value is -4.76. The van der Waals surface area contributed by atoms with E-state index in [0.717, 1.165) is 5.56 Å². The Balaban J connectivity index is 1.81. The molecule has 1 aliphatic heterocycles. The number of carbonyl (C=O) groups excluding carboxylic acids is 5. The maximum atomic E-state index is 13.9. The molecule has 0 saturated carbocycles. The summed E-state index contributed by atoms with van der Waals surface area (Å²) in [6, 6.07) is 11.9. The number of ether oxygens (including phenoxy) is 2. The standard InChI is InChI=1S/C35H43FN4O7/c1-3-19-46-20-17-31(41)39-29(22-25-10-12-27(36)13-11-25)35(45)40-30(21-24-8-6-5-7-9-24)34(44)38-28(14-15-32(42)47-4-2)23-26-16-18-37-33(26)43/h1,5-13,26,28-30H,4,14-23H2,2H3,(H,37,43)(H,38,44)(H,39,41)(H,40,45)/t26-,28+,29+,30-/m0/s1. The van der Waals surface area contributed by atoms with E-state index >= 15 is 0 Å². The zero-order valence-corrected chi connectivity index (χ0v) is 26.6. The highest BCUT2D eigenvalue weighted by molar-refractivity contribution is 5.92. The van der Waals surface area contributed by atoms with Crippen molar-refractivity contribution in [2.24, 2.45) is 5.92 Å². The molecule has 4 N–H and O–H groups in total. The van der Waals surface area contributed by atoms with E-state index in [1.165, 1.54) is 24.3 Å². The van der Waals surface area contributed by atoms with Crippen molar-refractivity contribution in [3.8, 4) is 12.3 Å². The van der Waals surface area contributed by atoms with Crippen LogP contribution >= 0.6 is 0 Å². The van der Waals surface area contributed by atoms with Crippen molar-refractivity contribution >= 4 is 29.6 Å². The molecule has 1 aliphatic rings. The summed E-state index contributed by atoms with van der Waals surface area (Å²) in [6.45, 7) is 2.54. The summed E-state index contributed by atoms with van der Waals surface area (Å²) in [5.74, 6) is -0.594. The highest BCUT2D eigenvalue weighted by Gasteiger charge is 2.32. The van der Waals surface area contributed by atoms with Crippen molar-refractivity contribution in [1.29, 1.82) is 0 Å². The molecular formula is C35H43FN4O7. The Bertz CT molecular complexity index is 1380. The summed E-state index contributed by atoms with van der Waals surface area (Å²) < 4.78 is 23.8. The predicted molar refractivity (Wildman–Crippen MR) is 172 cm³/mol. The topological polar surface area (TPSA) is 152 Å². The van der Waals surface area contributed by atoms with Gasteiger partial charge in [-0.25, -0.2) is 4.39 Å². The minimum Gasteiger partial charge on any atom is -0.466 e. The molecule has 4 atom stereocenters. The lowest BCUT2D eigenvalue weighted by Crippen LogP contribution is -2.56. The second-order valence-electron chi connectivity index (χ2n) is 11.3. The van der Waals surface area contributed by atoms with Gasteiger partial charge in [-0.2, -0.15) is 0 Å². The molecule has 0 radical (unpaired) electrons. The van der Waals surface area contributed by atoms with Crippen LogP contribution in [0.3, 0.4) is 0 Å². The van der Waals surface area contributed by atoms with Crippen molar-refractivity contribution in [3.63, 3.8) is 0 Å². The van der Waals surface area contributed by atoms with Gasteiger partial charge in [-0.05, 0) is 49.4 Å². The van der Waals surface area contributed by atoms with Gasteiger partial charge in [0.2, 0.25) is 23.6 Å². The van der Waals surface area contributed by atoms with Gasteiger partial charge in [0.05, 0.1) is 19.6 Å². The lowest BCUT2D eigenvalue weighted by atomic mass is 9.94. The fourth-order valence-corrected chi connectivity index (χ4v) is 5.25. The Morgan fingerprint density at radius 1 is 0.957 bits per heavy atom. The monoisotopic (exact) mass is 650 g/mol. The maximum Gasteiger partial charge on any atom is 0.305 e. The van der Waals surface area contributed by atoms with E-state index in [9.17, 15) is 28.4 Å². The number of esters is 1. The van der Waals surface area contributed by atoms with Gasteiger partial charge in [0.25, 0.3) is 0 Å². The molecule has 1 saturated heterocycles. The Morgan fingerprint density at radius 3 is 2.26 bits per heavy atom. The fraction of sp³-hybridized carbons (Fsp3) is 0.457. The molecule has 0 unspecified atom stereocenters. The predicted octanol–water partition coefficient (Wildman–Crippen LogP) is 1.97. The number of rotatable bonds is 19. The second-order valence-corrected chi connectivity index (χ2v) is 11.3. The van der Waals surface area contributed by atoms with Crippen LogP contribution in [-0.2, 0) is 46.3 Å². The maximum absolute atomic E-state index is 13.9. The van der Waals surface area contributed by atoms with E-state index in [-0.39, 0.29) is 63.7 Å². The van der Waals surface area contributed by atoms with Crippen LogP contribution in [0, 0.1) is 24.1 Å². The van der Waals surface area contributed by atoms with Gasteiger partial charge in [-0.3, -0.25) is 24.0 Å². The quantitative estimate of drug-likeness (QED) is 0.103. The van der Waals surface area contributed by atoms with Crippen molar-refractivity contribution in [3.05, 3.63) is 71.5 Å². The summed E-state index contributed by atoms with van der Waals surface area (Å²) in [6.07, 6.45) is 6.48. The first-order chi connectivity index (χ1) is 22.7. The van der Waals surface area contributed by atoms with E-state index < -0.39 is 47.6 Å². The molecule has 4 amide bonds. The van der Waals surface area contributed by atoms with Crippen molar-refractivity contribution < 1.29 is 37.8 Å². The van der Waals surface area contributed by atoms with Crippen LogP contribution in [0.5, 0.6) is 0 Å². The van der Waals surface area contributed by atoms with Crippen molar-refractivity contribution in [2.75, 3.05) is 26.4 Å². The highest BCUT2D eigenvalue weighted by atomic mass is 19.1. The van der Waals surface area contributed by atoms with E-state index in [2.05, 4.69) is 27.2 Å². The van der Waals surface area contributed by atoms with Crippen LogP contribution < -0.4 is 21.3 Å². The van der Waals surface area contributed by atoms with Crippen LogP contribution in [0.25, 0.3) is 0 Å². The van der Waals surface area contributed by atoms with Gasteiger partial charge < -0.3 is 30.7 Å². The number of halogens is 1. The van der Waals surface area contributed by atoms with Crippen LogP contribution in [0.4, 0.5) is 4.39 Å². The van der Waals surface area contributed by atoms with Gasteiger partial charge >= 0.3 is 5.97 Å². The third kappa shape index (κ3) is 13.2. The summed E-state index contributed by atoms with van der Waals surface area (Å²) in [5.41, 5.74) is 1.37. The van der Waals surface area contributed by atoms with Gasteiger partial charge in [0, 0.05) is 37.8 Å². The normalized spacial score (nSPS) is 15.8. The van der Waals surface area contributed by atoms with Crippen molar-refractivity contribution in [2.45, 2.75) is 70.0 Å². The van der Waals surface area contributed by atoms with E-state index in [4.69, 9.17) is 15.9 Å². The molecular weight excluding hydrogens is 607 g/mol. The average molecular weight is 651 g/mol. The number of nitrogens with one attached hydrogen (secondary N) is 4. The third-order valence-corrected chi connectivity index (χ3v) is 7.66. The number of hydrogen-bond donors (Lipinski definition) is 4. The van der Waals surface area contributed by atoms with E-state index in [1.54, 1.807) is 6.92 Å². The zero-order chi connectivity index (χ0) is 34.0. The van der Waals surface area contributed by atoms with Crippen LogP contribution in [0.2, 0.25) is 0 Å². The Morgan fingerprint density at radius 2 is 1.62 bits per heavy atom. The molecule has 0 aromatic heterocycles. The van der Waals surface area contributed by atoms with Gasteiger partial charge in [0.1, 0.15) is 24.5 Å². The molecule has 12 heteroatoms. The number of carbonyl (C=O) groups is 5. The first-order valence-electron chi connectivity index (χ1n) is 15.8. The number of terminal acetylenes is 1. The van der Waals surface area contributed by atoms with E-state index in [1.807, 2.05) is 30.3 Å². The SMILES string of the molecule is C#CCOCCC(=O)N[C@H](Cc1ccc(F)cc1)C(=O)N[C@@H](Cc1ccccc1)C(=O)N[C@H](CCC(=O)OCC)C[C@@H]1CCNC1=O. The van der Waals surface area contributed by atoms with Crippen molar-refractivity contribution in [1.82, 2.24) is 21.3 Å². The molecule has 2 aromatic carbocycles. The molecule has 3 rings (SSSR count). The minimum atomic E-state index is -1.10. The van der Waals surface area contributed by atoms with Crippen LogP contribution in [0.15, 0.2) is 54.6 Å². The molecule has 11 nitrogen and oxygen atoms in total. The largest absolute Gasteiger partial charge is 0.466 e. The Kier molecular flexibility index (Phi) is 15.4. The first-order valence-corrected chi connectivity index (χ1v) is 15.8. The molecule has 0 spiro atoms. The first kappa shape index (κ1) is 36.7. The molecule has 0 bridgehead atoms. The molecule has 2 aromatic rings. The van der Waals surface area contributed by atoms with Crippen LogP contribution in [-0.4, -0.2) is 74.1 Å². The number of amides is 4. The molecule has 47 heavy (non-hydrogen) atoms. The lowest BCUT2D eigenvalue weighted by Gasteiger charge is -2.27. The highest BCUT2D eigenvalue weighted by Crippen LogP contribution is 2.19. The molecule has 1 fully saturated rings. The zero-order valence-electron chi connectivity index (χ0n) is 26.6. The average Bonchev–Trinajstić information content (AvgIpc) is 3.46. The van der Waals surface area contributed by atoms with Gasteiger partial charge in [-0.15, -0.1) is 6.42 Å². The smallest absolute Gasteiger partial charge is 0.305 e. The number of benzene rings is 2. The summed E-state index contributed by atoms with van der Waals surface area (Å²) in [4.78, 5) is 64.9. The third-order valence-electron chi connectivity index (χ3n) is 7.66. The minimum absolute atomic E-state index is 0.0295. The van der Waals surface area contributed by atoms with Gasteiger partial charge in [0.15, 0.2) is 0 Å². The lowest BCUT2D eigenvalue weighted by molar-refractivity contribution is -0.143. The van der Waals surface area contributed by atoms with Gasteiger partial charge in [-0.1, -0.05) is 48.4 Å². The fourth-order valence-electron chi connectivity index (χ4n) is 5.25. The summed E-state index contributed by atoms with van der Waals surface area (Å²) in [7, 11) is 0. The summed E-state index contributed by atoms with van der Waals surface area (Å²) in [5, 5.41) is 11.3. The Labute approximate surface area is 274 Å². The molecule has 1 heterocycles. The van der Waals surface area contributed by atoms with Crippen LogP contribution in [0.1, 0.15) is 50.2 Å². The molecule has 252 valence electrons. The summed E-state index contributed by atoms with van der Waals surface area (Å²) >= 11 is 0. The number of hydrogen-bond acceptors (Lipinski definition) is 7. The van der Waals surface area contributed by atoms with E-state index in [0.29, 0.717) is 24.9 Å². The second kappa shape index (κ2) is 19.7. The molecule has 0 aliphatic carbocycles.